The Morgan fingerprint density at radius 2 is 1.58 bits per heavy atom. The summed E-state index contributed by atoms with van der Waals surface area (Å²) in [5.41, 5.74) is -0.369. The molecule has 0 spiro atoms. The number of carbonyl (C=O) groups excluding carboxylic acids is 1. The highest BCUT2D eigenvalue weighted by atomic mass is 19.4. The van der Waals surface area contributed by atoms with Crippen molar-refractivity contribution < 1.29 is 27.9 Å². The molecule has 1 aromatic carbocycles. The average molecular weight is 270 g/mol. The van der Waals surface area contributed by atoms with E-state index >= 15 is 0 Å². The smallest absolute Gasteiger partial charge is 0.416 e. The van der Waals surface area contributed by atoms with Gasteiger partial charge in [0, 0.05) is 6.08 Å². The van der Waals surface area contributed by atoms with Crippen molar-refractivity contribution in [1.29, 1.82) is 0 Å². The van der Waals surface area contributed by atoms with Gasteiger partial charge in [-0.1, -0.05) is 18.2 Å². The van der Waals surface area contributed by atoms with E-state index in [1.807, 2.05) is 0 Å². The van der Waals surface area contributed by atoms with Crippen LogP contribution in [0.4, 0.5) is 13.2 Å². The van der Waals surface area contributed by atoms with Gasteiger partial charge in [0.25, 0.3) is 0 Å². The number of halogens is 3. The molecule has 1 N–H and O–H groups in total. The first-order valence-electron chi connectivity index (χ1n) is 5.09. The minimum absolute atomic E-state index is 0.407. The standard InChI is InChI=1S/C13H9F3O3/c14-13(15,16)10-4-1-9(2-5-10)3-6-11(17)7-8-12(18)19/h1-8H,(H,18,19). The molecule has 0 saturated carbocycles. The van der Waals surface area contributed by atoms with Crippen molar-refractivity contribution in [3.8, 4) is 0 Å². The van der Waals surface area contributed by atoms with E-state index in [2.05, 4.69) is 0 Å². The summed E-state index contributed by atoms with van der Waals surface area (Å²) in [6, 6.07) is 4.23. The third-order valence-corrected chi connectivity index (χ3v) is 2.07. The maximum absolute atomic E-state index is 12.3. The van der Waals surface area contributed by atoms with Crippen molar-refractivity contribution in [2.45, 2.75) is 6.18 Å². The first-order chi connectivity index (χ1) is 8.79. The largest absolute Gasteiger partial charge is 0.478 e. The minimum Gasteiger partial charge on any atom is -0.478 e. The number of carboxylic acid groups (broad SMARTS) is 1. The van der Waals surface area contributed by atoms with E-state index in [-0.39, 0.29) is 0 Å². The summed E-state index contributed by atoms with van der Waals surface area (Å²) in [5.74, 6) is -1.82. The predicted octanol–water partition coefficient (Wildman–Crippen LogP) is 2.93. The molecule has 0 amide bonds. The number of hydrogen-bond acceptors (Lipinski definition) is 2. The van der Waals surface area contributed by atoms with Crippen LogP contribution in [0.5, 0.6) is 0 Å². The number of carboxylic acids is 1. The molecule has 6 heteroatoms. The van der Waals surface area contributed by atoms with Crippen LogP contribution in [-0.2, 0) is 15.8 Å². The lowest BCUT2D eigenvalue weighted by molar-refractivity contribution is -0.137. The van der Waals surface area contributed by atoms with Crippen molar-refractivity contribution in [3.05, 3.63) is 53.6 Å². The van der Waals surface area contributed by atoms with Crippen molar-refractivity contribution in [3.63, 3.8) is 0 Å². The normalized spacial score (nSPS) is 12.2. The van der Waals surface area contributed by atoms with E-state index in [1.165, 1.54) is 18.2 Å². The molecule has 3 nitrogen and oxygen atoms in total. The van der Waals surface area contributed by atoms with Crippen LogP contribution < -0.4 is 0 Å². The van der Waals surface area contributed by atoms with Crippen molar-refractivity contribution in [2.75, 3.05) is 0 Å². The van der Waals surface area contributed by atoms with Gasteiger partial charge in [-0.2, -0.15) is 13.2 Å². The molecule has 0 saturated heterocycles. The van der Waals surface area contributed by atoms with Gasteiger partial charge < -0.3 is 5.11 Å². The summed E-state index contributed by atoms with van der Waals surface area (Å²) in [7, 11) is 0. The number of carbonyl (C=O) groups is 2. The van der Waals surface area contributed by atoms with Crippen LogP contribution in [0.15, 0.2) is 42.5 Å². The van der Waals surface area contributed by atoms with Crippen molar-refractivity contribution in [1.82, 2.24) is 0 Å². The highest BCUT2D eigenvalue weighted by molar-refractivity contribution is 6.04. The van der Waals surface area contributed by atoms with Gasteiger partial charge in [-0.3, -0.25) is 4.79 Å². The molecule has 0 aromatic heterocycles. The lowest BCUT2D eigenvalue weighted by Gasteiger charge is -2.05. The molecule has 1 aromatic rings. The number of benzene rings is 1. The molecular weight excluding hydrogens is 261 g/mol. The van der Waals surface area contributed by atoms with Gasteiger partial charge >= 0.3 is 12.1 Å². The summed E-state index contributed by atoms with van der Waals surface area (Å²) in [6.45, 7) is 0. The van der Waals surface area contributed by atoms with Gasteiger partial charge in [0.1, 0.15) is 0 Å². The molecular formula is C13H9F3O3. The Hall–Kier alpha value is -2.37. The number of ketones is 1. The molecule has 100 valence electrons. The fourth-order valence-electron chi connectivity index (χ4n) is 1.17. The van der Waals surface area contributed by atoms with E-state index < -0.39 is 23.5 Å². The Kier molecular flexibility index (Phi) is 4.63. The lowest BCUT2D eigenvalue weighted by Crippen LogP contribution is -2.03. The van der Waals surface area contributed by atoms with Crippen LogP contribution in [0.2, 0.25) is 0 Å². The topological polar surface area (TPSA) is 54.4 Å². The molecule has 1 rings (SSSR count). The summed E-state index contributed by atoms with van der Waals surface area (Å²) in [6.07, 6.45) is -0.499. The van der Waals surface area contributed by atoms with Crippen LogP contribution in [0.25, 0.3) is 6.08 Å². The Balaban J connectivity index is 2.73. The third kappa shape index (κ3) is 5.20. The Morgan fingerprint density at radius 3 is 2.05 bits per heavy atom. The fourth-order valence-corrected chi connectivity index (χ4v) is 1.17. The van der Waals surface area contributed by atoms with E-state index in [4.69, 9.17) is 5.11 Å². The molecule has 0 aliphatic heterocycles. The molecule has 0 fully saturated rings. The van der Waals surface area contributed by atoms with E-state index in [0.29, 0.717) is 11.6 Å². The SMILES string of the molecule is O=C(O)C=CC(=O)C=Cc1ccc(C(F)(F)F)cc1. The minimum atomic E-state index is -4.40. The summed E-state index contributed by atoms with van der Waals surface area (Å²) in [5, 5.41) is 8.28. The van der Waals surface area contributed by atoms with Gasteiger partial charge in [-0.05, 0) is 29.8 Å². The maximum Gasteiger partial charge on any atom is 0.416 e. The molecule has 0 atom stereocenters. The van der Waals surface area contributed by atoms with Crippen molar-refractivity contribution >= 4 is 17.8 Å². The second kappa shape index (κ2) is 5.99. The van der Waals surface area contributed by atoms with E-state index in [0.717, 1.165) is 24.3 Å². The first kappa shape index (κ1) is 14.7. The average Bonchev–Trinajstić information content (AvgIpc) is 2.33. The highest BCUT2D eigenvalue weighted by Gasteiger charge is 2.29. The van der Waals surface area contributed by atoms with Crippen LogP contribution in [0, 0.1) is 0 Å². The monoisotopic (exact) mass is 270 g/mol. The maximum atomic E-state index is 12.3. The number of alkyl halides is 3. The Labute approximate surface area is 106 Å². The number of aliphatic carboxylic acids is 1. The lowest BCUT2D eigenvalue weighted by atomic mass is 10.1. The summed E-state index contributed by atoms with van der Waals surface area (Å²) in [4.78, 5) is 21.3. The second-order valence-corrected chi connectivity index (χ2v) is 3.53. The molecule has 0 unspecified atom stereocenters. The molecule has 0 radical (unpaired) electrons. The predicted molar refractivity (Wildman–Crippen MR) is 62.3 cm³/mol. The van der Waals surface area contributed by atoms with Crippen LogP contribution in [-0.4, -0.2) is 16.9 Å². The Bertz CT molecular complexity index is 525. The second-order valence-electron chi connectivity index (χ2n) is 3.53. The van der Waals surface area contributed by atoms with Gasteiger partial charge in [-0.25, -0.2) is 4.79 Å². The van der Waals surface area contributed by atoms with Gasteiger partial charge in [-0.15, -0.1) is 0 Å². The highest BCUT2D eigenvalue weighted by Crippen LogP contribution is 2.29. The van der Waals surface area contributed by atoms with Gasteiger partial charge in [0.05, 0.1) is 5.56 Å². The zero-order chi connectivity index (χ0) is 14.5. The van der Waals surface area contributed by atoms with Crippen LogP contribution >= 0.6 is 0 Å². The van der Waals surface area contributed by atoms with Crippen LogP contribution in [0.3, 0.4) is 0 Å². The van der Waals surface area contributed by atoms with E-state index in [9.17, 15) is 22.8 Å². The van der Waals surface area contributed by atoms with Gasteiger partial charge in [0.15, 0.2) is 5.78 Å². The number of allylic oxidation sites excluding steroid dienone is 2. The summed E-state index contributed by atoms with van der Waals surface area (Å²) < 4.78 is 36.8. The fraction of sp³-hybridized carbons (Fsp3) is 0.0769. The number of hydrogen-bond donors (Lipinski definition) is 1. The molecule has 0 aliphatic carbocycles. The summed E-state index contributed by atoms with van der Waals surface area (Å²) >= 11 is 0. The zero-order valence-electron chi connectivity index (χ0n) is 9.52. The molecule has 0 bridgehead atoms. The van der Waals surface area contributed by atoms with E-state index in [1.54, 1.807) is 0 Å². The third-order valence-electron chi connectivity index (χ3n) is 2.07. The van der Waals surface area contributed by atoms with Crippen molar-refractivity contribution in [2.24, 2.45) is 0 Å². The number of rotatable bonds is 4. The Morgan fingerprint density at radius 1 is 1.00 bits per heavy atom. The molecule has 19 heavy (non-hydrogen) atoms. The molecule has 0 aliphatic rings. The molecule has 0 heterocycles. The van der Waals surface area contributed by atoms with Crippen LogP contribution in [0.1, 0.15) is 11.1 Å². The first-order valence-corrected chi connectivity index (χ1v) is 5.09. The quantitative estimate of drug-likeness (QED) is 0.856. The van der Waals surface area contributed by atoms with Gasteiger partial charge in [0.2, 0.25) is 0 Å². The zero-order valence-corrected chi connectivity index (χ0v) is 9.52.